The van der Waals surface area contributed by atoms with E-state index in [-0.39, 0.29) is 11.5 Å². The number of nitrogens with one attached hydrogen (secondary N) is 1. The van der Waals surface area contributed by atoms with Crippen LogP contribution in [0.2, 0.25) is 0 Å². The molecule has 0 aliphatic rings. The normalized spacial score (nSPS) is 12.1. The van der Waals surface area contributed by atoms with Crippen molar-refractivity contribution in [2.75, 3.05) is 6.54 Å². The molecule has 0 fully saturated rings. The van der Waals surface area contributed by atoms with Crippen molar-refractivity contribution in [2.24, 2.45) is 5.41 Å². The fourth-order valence-electron chi connectivity index (χ4n) is 1.89. The van der Waals surface area contributed by atoms with Crippen molar-refractivity contribution in [3.63, 3.8) is 0 Å². The maximum Gasteiger partial charge on any atom is 0.407 e. The molecule has 1 aromatic rings. The molecular formula is C16H24BrNO2. The highest BCUT2D eigenvalue weighted by Gasteiger charge is 2.22. The Morgan fingerprint density at radius 2 is 1.90 bits per heavy atom. The first-order valence-corrected chi connectivity index (χ1v) is 7.58. The minimum atomic E-state index is -0.460. The fraction of sp³-hybridized carbons (Fsp3) is 0.562. The van der Waals surface area contributed by atoms with Crippen LogP contribution in [0, 0.1) is 5.41 Å². The van der Waals surface area contributed by atoms with E-state index in [0.29, 0.717) is 6.54 Å². The zero-order valence-corrected chi connectivity index (χ0v) is 14.5. The zero-order valence-electron chi connectivity index (χ0n) is 12.9. The summed E-state index contributed by atoms with van der Waals surface area (Å²) in [5.74, 6) is 0. The van der Waals surface area contributed by atoms with Crippen molar-refractivity contribution in [3.05, 3.63) is 34.3 Å². The van der Waals surface area contributed by atoms with E-state index in [4.69, 9.17) is 4.74 Å². The van der Waals surface area contributed by atoms with Crippen molar-refractivity contribution >= 4 is 22.0 Å². The summed E-state index contributed by atoms with van der Waals surface area (Å²) < 4.78 is 6.32. The average Bonchev–Trinajstić information content (AvgIpc) is 2.23. The second-order valence-electron chi connectivity index (χ2n) is 6.83. The number of alkyl carbamates (subject to hydrolysis) is 1. The molecule has 1 aromatic carbocycles. The van der Waals surface area contributed by atoms with Crippen LogP contribution in [0.3, 0.4) is 0 Å². The maximum absolute atomic E-state index is 11.7. The van der Waals surface area contributed by atoms with Crippen LogP contribution in [0.1, 0.15) is 40.2 Å². The zero-order chi connectivity index (χ0) is 15.4. The van der Waals surface area contributed by atoms with E-state index in [1.807, 2.05) is 32.9 Å². The number of hydrogen-bond donors (Lipinski definition) is 1. The van der Waals surface area contributed by atoms with Gasteiger partial charge in [0.15, 0.2) is 0 Å². The van der Waals surface area contributed by atoms with Gasteiger partial charge in [0.05, 0.1) is 0 Å². The first-order chi connectivity index (χ1) is 9.07. The third-order valence-electron chi connectivity index (χ3n) is 2.68. The van der Waals surface area contributed by atoms with Gasteiger partial charge in [0.25, 0.3) is 0 Å². The summed E-state index contributed by atoms with van der Waals surface area (Å²) in [6.07, 6.45) is 0.530. The van der Waals surface area contributed by atoms with Gasteiger partial charge in [0, 0.05) is 11.0 Å². The highest BCUT2D eigenvalue weighted by Crippen LogP contribution is 2.23. The van der Waals surface area contributed by atoms with Gasteiger partial charge < -0.3 is 10.1 Å². The largest absolute Gasteiger partial charge is 0.444 e. The highest BCUT2D eigenvalue weighted by molar-refractivity contribution is 9.10. The molecule has 112 valence electrons. The number of carbonyl (C=O) groups excluding carboxylic acids is 1. The Kier molecular flexibility index (Phi) is 5.63. The quantitative estimate of drug-likeness (QED) is 0.872. The molecule has 1 amide bonds. The number of carbonyl (C=O) groups is 1. The second kappa shape index (κ2) is 6.61. The Balaban J connectivity index is 2.51. The summed E-state index contributed by atoms with van der Waals surface area (Å²) in [6, 6.07) is 8.24. The van der Waals surface area contributed by atoms with Gasteiger partial charge in [-0.25, -0.2) is 4.79 Å². The Bertz CT molecular complexity index is 464. The van der Waals surface area contributed by atoms with Crippen molar-refractivity contribution in [3.8, 4) is 0 Å². The lowest BCUT2D eigenvalue weighted by Gasteiger charge is -2.26. The molecule has 1 N–H and O–H groups in total. The first-order valence-electron chi connectivity index (χ1n) is 6.79. The average molecular weight is 342 g/mol. The predicted molar refractivity (Wildman–Crippen MR) is 85.9 cm³/mol. The van der Waals surface area contributed by atoms with Crippen molar-refractivity contribution in [2.45, 2.75) is 46.6 Å². The smallest absolute Gasteiger partial charge is 0.407 e. The van der Waals surface area contributed by atoms with Crippen LogP contribution < -0.4 is 5.32 Å². The third kappa shape index (κ3) is 6.94. The van der Waals surface area contributed by atoms with Crippen LogP contribution in [0.15, 0.2) is 28.7 Å². The van der Waals surface area contributed by atoms with Gasteiger partial charge in [-0.2, -0.15) is 0 Å². The van der Waals surface area contributed by atoms with Crippen LogP contribution in [-0.4, -0.2) is 18.2 Å². The topological polar surface area (TPSA) is 38.3 Å². The van der Waals surface area contributed by atoms with Crippen LogP contribution in [-0.2, 0) is 11.2 Å². The second-order valence-corrected chi connectivity index (χ2v) is 7.74. The van der Waals surface area contributed by atoms with Crippen LogP contribution >= 0.6 is 15.9 Å². The van der Waals surface area contributed by atoms with Gasteiger partial charge in [-0.3, -0.25) is 0 Å². The number of halogens is 1. The molecule has 0 unspecified atom stereocenters. The number of amides is 1. The SMILES string of the molecule is CC(C)(CNC(=O)OC(C)(C)C)Cc1cccc(Br)c1. The molecule has 0 aliphatic heterocycles. The molecule has 3 nitrogen and oxygen atoms in total. The lowest BCUT2D eigenvalue weighted by Crippen LogP contribution is -2.38. The summed E-state index contributed by atoms with van der Waals surface area (Å²) >= 11 is 3.48. The molecule has 0 saturated heterocycles. The molecule has 0 radical (unpaired) electrons. The van der Waals surface area contributed by atoms with Gasteiger partial charge >= 0.3 is 6.09 Å². The summed E-state index contributed by atoms with van der Waals surface area (Å²) in [5, 5.41) is 2.84. The summed E-state index contributed by atoms with van der Waals surface area (Å²) in [4.78, 5) is 11.7. The Morgan fingerprint density at radius 3 is 2.45 bits per heavy atom. The number of ether oxygens (including phenoxy) is 1. The fourth-order valence-corrected chi connectivity index (χ4v) is 2.33. The Hall–Kier alpha value is -1.03. The summed E-state index contributed by atoms with van der Waals surface area (Å²) in [6.45, 7) is 10.4. The van der Waals surface area contributed by atoms with E-state index in [1.165, 1.54) is 5.56 Å². The molecule has 0 aromatic heterocycles. The van der Waals surface area contributed by atoms with Crippen LogP contribution in [0.5, 0.6) is 0 Å². The molecule has 0 heterocycles. The third-order valence-corrected chi connectivity index (χ3v) is 3.18. The predicted octanol–water partition coefficient (Wildman–Crippen LogP) is 4.54. The van der Waals surface area contributed by atoms with Crippen LogP contribution in [0.25, 0.3) is 0 Å². The van der Waals surface area contributed by atoms with E-state index in [9.17, 15) is 4.79 Å². The minimum Gasteiger partial charge on any atom is -0.444 e. The highest BCUT2D eigenvalue weighted by atomic mass is 79.9. The van der Waals surface area contributed by atoms with Gasteiger partial charge in [0.2, 0.25) is 0 Å². The number of rotatable bonds is 4. The lowest BCUT2D eigenvalue weighted by atomic mass is 9.86. The number of benzene rings is 1. The van der Waals surface area contributed by atoms with E-state index in [2.05, 4.69) is 47.2 Å². The van der Waals surface area contributed by atoms with E-state index < -0.39 is 5.60 Å². The number of hydrogen-bond acceptors (Lipinski definition) is 2. The summed E-state index contributed by atoms with van der Waals surface area (Å²) in [7, 11) is 0. The van der Waals surface area contributed by atoms with E-state index in [1.54, 1.807) is 0 Å². The molecule has 4 heteroatoms. The Labute approximate surface area is 130 Å². The van der Waals surface area contributed by atoms with Gasteiger partial charge in [-0.15, -0.1) is 0 Å². The van der Waals surface area contributed by atoms with Crippen LogP contribution in [0.4, 0.5) is 4.79 Å². The van der Waals surface area contributed by atoms with Crippen molar-refractivity contribution in [1.29, 1.82) is 0 Å². The summed E-state index contributed by atoms with van der Waals surface area (Å²) in [5.41, 5.74) is 0.756. The molecular weight excluding hydrogens is 318 g/mol. The standard InChI is InChI=1S/C16H24BrNO2/c1-15(2,3)20-14(19)18-11-16(4,5)10-12-7-6-8-13(17)9-12/h6-9H,10-11H2,1-5H3,(H,18,19). The molecule has 0 saturated carbocycles. The Morgan fingerprint density at radius 1 is 1.25 bits per heavy atom. The molecule has 0 atom stereocenters. The minimum absolute atomic E-state index is 0.0301. The molecule has 1 rings (SSSR count). The first kappa shape index (κ1) is 17.0. The molecule has 20 heavy (non-hydrogen) atoms. The van der Waals surface area contributed by atoms with E-state index in [0.717, 1.165) is 10.9 Å². The van der Waals surface area contributed by atoms with E-state index >= 15 is 0 Å². The van der Waals surface area contributed by atoms with Gasteiger partial charge in [-0.1, -0.05) is 41.9 Å². The van der Waals surface area contributed by atoms with Gasteiger partial charge in [0.1, 0.15) is 5.60 Å². The lowest BCUT2D eigenvalue weighted by molar-refractivity contribution is 0.0506. The molecule has 0 aliphatic carbocycles. The maximum atomic E-state index is 11.7. The molecule has 0 spiro atoms. The van der Waals surface area contributed by atoms with Gasteiger partial charge in [-0.05, 0) is 50.3 Å². The molecule has 0 bridgehead atoms. The van der Waals surface area contributed by atoms with Crippen molar-refractivity contribution in [1.82, 2.24) is 5.32 Å². The monoisotopic (exact) mass is 341 g/mol. The van der Waals surface area contributed by atoms with Crippen molar-refractivity contribution < 1.29 is 9.53 Å².